The fourth-order valence-electron chi connectivity index (χ4n) is 1.61. The summed E-state index contributed by atoms with van der Waals surface area (Å²) >= 11 is 0. The molecule has 16 heavy (non-hydrogen) atoms. The van der Waals surface area contributed by atoms with Gasteiger partial charge >= 0.3 is 6.03 Å². The molecule has 1 heterocycles. The van der Waals surface area contributed by atoms with E-state index >= 15 is 0 Å². The molecular weight excluding hydrogens is 204 g/mol. The van der Waals surface area contributed by atoms with Crippen molar-refractivity contribution >= 4 is 11.9 Å². The maximum Gasteiger partial charge on any atom is 0.325 e. The number of carbonyl (C=O) groups excluding carboxylic acids is 2. The summed E-state index contributed by atoms with van der Waals surface area (Å²) in [4.78, 5) is 24.8. The number of nitrogens with zero attached hydrogens (tertiary/aromatic N) is 1. The van der Waals surface area contributed by atoms with Gasteiger partial charge in [-0.05, 0) is 25.7 Å². The molecular formula is C12H22N2O2. The van der Waals surface area contributed by atoms with E-state index in [2.05, 4.69) is 26.1 Å². The zero-order valence-corrected chi connectivity index (χ0v) is 10.9. The summed E-state index contributed by atoms with van der Waals surface area (Å²) in [7, 11) is 0. The smallest absolute Gasteiger partial charge is 0.324 e. The van der Waals surface area contributed by atoms with Crippen molar-refractivity contribution in [1.82, 2.24) is 10.2 Å². The molecule has 1 N–H and O–H groups in total. The van der Waals surface area contributed by atoms with Gasteiger partial charge in [0.05, 0.1) is 0 Å². The lowest BCUT2D eigenvalue weighted by Gasteiger charge is -2.25. The molecule has 4 nitrogen and oxygen atoms in total. The summed E-state index contributed by atoms with van der Waals surface area (Å²) in [6, 6.07) is -0.262. The summed E-state index contributed by atoms with van der Waals surface area (Å²) in [5.74, 6) is -0.121. The first-order valence-electron chi connectivity index (χ1n) is 5.84. The molecule has 0 unspecified atom stereocenters. The van der Waals surface area contributed by atoms with Crippen LogP contribution < -0.4 is 5.32 Å². The highest BCUT2D eigenvalue weighted by atomic mass is 16.2. The van der Waals surface area contributed by atoms with E-state index in [1.165, 1.54) is 4.90 Å². The van der Waals surface area contributed by atoms with E-state index in [0.717, 1.165) is 12.8 Å². The quantitative estimate of drug-likeness (QED) is 0.747. The molecule has 3 amide bonds. The normalized spacial score (nSPS) is 20.2. The average molecular weight is 226 g/mol. The van der Waals surface area contributed by atoms with E-state index in [0.29, 0.717) is 6.54 Å². The van der Waals surface area contributed by atoms with Crippen molar-refractivity contribution < 1.29 is 9.59 Å². The average Bonchev–Trinajstić information content (AvgIpc) is 2.35. The minimum Gasteiger partial charge on any atom is -0.324 e. The van der Waals surface area contributed by atoms with Crippen LogP contribution in [-0.2, 0) is 4.79 Å². The van der Waals surface area contributed by atoms with Crippen LogP contribution in [0.15, 0.2) is 0 Å². The van der Waals surface area contributed by atoms with Crippen LogP contribution in [0.4, 0.5) is 4.79 Å². The van der Waals surface area contributed by atoms with Gasteiger partial charge in [0.2, 0.25) is 0 Å². The van der Waals surface area contributed by atoms with Crippen molar-refractivity contribution in [2.45, 2.75) is 53.0 Å². The van der Waals surface area contributed by atoms with Gasteiger partial charge in [-0.25, -0.2) is 4.79 Å². The van der Waals surface area contributed by atoms with Crippen molar-refractivity contribution in [1.29, 1.82) is 0 Å². The Morgan fingerprint density at radius 1 is 1.31 bits per heavy atom. The number of hydrogen-bond donors (Lipinski definition) is 1. The SMILES string of the molecule is CCC(C)(C)CCN1C(=O)NC(C)(C)C1=O. The molecule has 1 rings (SSSR count). The molecule has 0 spiro atoms. The van der Waals surface area contributed by atoms with Gasteiger partial charge in [-0.15, -0.1) is 0 Å². The highest BCUT2D eigenvalue weighted by Crippen LogP contribution is 2.26. The van der Waals surface area contributed by atoms with Crippen molar-refractivity contribution in [2.75, 3.05) is 6.54 Å². The van der Waals surface area contributed by atoms with Crippen LogP contribution in [0.2, 0.25) is 0 Å². The topological polar surface area (TPSA) is 49.4 Å². The summed E-state index contributed by atoms with van der Waals surface area (Å²) in [5, 5.41) is 2.68. The summed E-state index contributed by atoms with van der Waals surface area (Å²) < 4.78 is 0. The van der Waals surface area contributed by atoms with Gasteiger partial charge in [-0.2, -0.15) is 0 Å². The molecule has 1 aliphatic heterocycles. The lowest BCUT2D eigenvalue weighted by atomic mass is 9.86. The largest absolute Gasteiger partial charge is 0.325 e. The number of amides is 3. The second-order valence-corrected chi connectivity index (χ2v) is 5.78. The number of carbonyl (C=O) groups is 2. The van der Waals surface area contributed by atoms with E-state index in [1.807, 2.05) is 0 Å². The van der Waals surface area contributed by atoms with Gasteiger partial charge < -0.3 is 5.32 Å². The van der Waals surface area contributed by atoms with E-state index < -0.39 is 5.54 Å². The van der Waals surface area contributed by atoms with E-state index in [4.69, 9.17) is 0 Å². The Balaban J connectivity index is 2.63. The number of nitrogens with one attached hydrogen (secondary N) is 1. The second kappa shape index (κ2) is 4.07. The lowest BCUT2D eigenvalue weighted by Crippen LogP contribution is -2.40. The van der Waals surface area contributed by atoms with Crippen molar-refractivity contribution in [2.24, 2.45) is 5.41 Å². The predicted octanol–water partition coefficient (Wildman–Crippen LogP) is 2.14. The number of rotatable bonds is 4. The second-order valence-electron chi connectivity index (χ2n) is 5.78. The zero-order valence-electron chi connectivity index (χ0n) is 10.9. The molecule has 0 aromatic rings. The van der Waals surface area contributed by atoms with Crippen LogP contribution in [0.25, 0.3) is 0 Å². The molecule has 0 bridgehead atoms. The Kier molecular flexibility index (Phi) is 3.31. The summed E-state index contributed by atoms with van der Waals surface area (Å²) in [5.41, 5.74) is -0.569. The molecule has 92 valence electrons. The molecule has 4 heteroatoms. The Labute approximate surface area is 97.4 Å². The van der Waals surface area contributed by atoms with E-state index in [9.17, 15) is 9.59 Å². The van der Waals surface area contributed by atoms with Gasteiger partial charge in [-0.3, -0.25) is 9.69 Å². The molecule has 0 aromatic carbocycles. The van der Waals surface area contributed by atoms with Crippen LogP contribution >= 0.6 is 0 Å². The van der Waals surface area contributed by atoms with Crippen LogP contribution in [-0.4, -0.2) is 28.9 Å². The minimum atomic E-state index is -0.743. The van der Waals surface area contributed by atoms with Gasteiger partial charge in [0, 0.05) is 6.54 Å². The third kappa shape index (κ3) is 2.54. The first kappa shape index (κ1) is 13.0. The Morgan fingerprint density at radius 2 is 1.88 bits per heavy atom. The Bertz CT molecular complexity index is 308. The van der Waals surface area contributed by atoms with E-state index in [-0.39, 0.29) is 17.4 Å². The van der Waals surface area contributed by atoms with Crippen LogP contribution in [0.3, 0.4) is 0 Å². The fourth-order valence-corrected chi connectivity index (χ4v) is 1.61. The Morgan fingerprint density at radius 3 is 2.25 bits per heavy atom. The first-order valence-corrected chi connectivity index (χ1v) is 5.84. The van der Waals surface area contributed by atoms with Gasteiger partial charge in [0.1, 0.15) is 5.54 Å². The van der Waals surface area contributed by atoms with Crippen molar-refractivity contribution in [3.05, 3.63) is 0 Å². The van der Waals surface area contributed by atoms with Gasteiger partial charge in [0.15, 0.2) is 0 Å². The predicted molar refractivity (Wildman–Crippen MR) is 63.0 cm³/mol. The zero-order chi connectivity index (χ0) is 12.6. The van der Waals surface area contributed by atoms with E-state index in [1.54, 1.807) is 13.8 Å². The maximum absolute atomic E-state index is 11.9. The van der Waals surface area contributed by atoms with Crippen LogP contribution in [0.1, 0.15) is 47.5 Å². The molecule has 0 radical (unpaired) electrons. The van der Waals surface area contributed by atoms with Crippen LogP contribution in [0, 0.1) is 5.41 Å². The molecule has 0 saturated carbocycles. The fraction of sp³-hybridized carbons (Fsp3) is 0.833. The molecule has 0 aliphatic carbocycles. The molecule has 0 aromatic heterocycles. The monoisotopic (exact) mass is 226 g/mol. The number of urea groups is 1. The maximum atomic E-state index is 11.9. The van der Waals surface area contributed by atoms with Gasteiger partial charge in [0.25, 0.3) is 5.91 Å². The third-order valence-corrected chi connectivity index (χ3v) is 3.41. The highest BCUT2D eigenvalue weighted by Gasteiger charge is 2.44. The third-order valence-electron chi connectivity index (χ3n) is 3.41. The Hall–Kier alpha value is -1.06. The van der Waals surface area contributed by atoms with Crippen molar-refractivity contribution in [3.8, 4) is 0 Å². The summed E-state index contributed by atoms with van der Waals surface area (Å²) in [6.07, 6.45) is 1.89. The number of hydrogen-bond acceptors (Lipinski definition) is 2. The van der Waals surface area contributed by atoms with Gasteiger partial charge in [-0.1, -0.05) is 27.2 Å². The molecule has 0 atom stereocenters. The first-order chi connectivity index (χ1) is 7.19. The number of imide groups is 1. The molecule has 1 saturated heterocycles. The van der Waals surface area contributed by atoms with Crippen LogP contribution in [0.5, 0.6) is 0 Å². The highest BCUT2D eigenvalue weighted by molar-refractivity contribution is 6.06. The molecule has 1 aliphatic rings. The minimum absolute atomic E-state index is 0.121. The standard InChI is InChI=1S/C12H22N2O2/c1-6-11(2,3)7-8-14-9(15)12(4,5)13-10(14)16/h6-8H2,1-5H3,(H,13,16). The summed E-state index contributed by atoms with van der Waals surface area (Å²) in [6.45, 7) is 10.4. The lowest BCUT2D eigenvalue weighted by molar-refractivity contribution is -0.130. The van der Waals surface area contributed by atoms with Crippen molar-refractivity contribution in [3.63, 3.8) is 0 Å². The molecule has 1 fully saturated rings.